The summed E-state index contributed by atoms with van der Waals surface area (Å²) in [5, 5.41) is 11.5. The standard InChI is InChI=1S/C26H26N4O3/c1-2-27-16-24(31)29-22-8-5-9-23-20(22)15-21(26(33)30-23)25(32)28-13-12-17-10-11-18-6-3-4-7-19(18)14-17/h3-11,14-15,27H,2,12-13,16H2,1H3,(H,28,32)(H,29,31)(H,30,33). The van der Waals surface area contributed by atoms with Crippen LogP contribution >= 0.6 is 0 Å². The molecule has 0 spiro atoms. The van der Waals surface area contributed by atoms with Crippen LogP contribution in [0, 0.1) is 0 Å². The van der Waals surface area contributed by atoms with Gasteiger partial charge >= 0.3 is 0 Å². The minimum absolute atomic E-state index is 0.00870. The summed E-state index contributed by atoms with van der Waals surface area (Å²) in [6.07, 6.45) is 0.647. The highest BCUT2D eigenvalue weighted by Crippen LogP contribution is 2.22. The SMILES string of the molecule is CCNCC(=O)Nc1cccc2[nH]c(=O)c(C(=O)NCCc3ccc4ccccc4c3)cc12. The molecule has 3 aromatic carbocycles. The van der Waals surface area contributed by atoms with Crippen LogP contribution in [0.5, 0.6) is 0 Å². The Morgan fingerprint density at radius 2 is 1.76 bits per heavy atom. The third-order valence-corrected chi connectivity index (χ3v) is 5.46. The fourth-order valence-electron chi connectivity index (χ4n) is 3.75. The van der Waals surface area contributed by atoms with E-state index in [1.165, 1.54) is 11.5 Å². The van der Waals surface area contributed by atoms with Crippen molar-refractivity contribution < 1.29 is 9.59 Å². The lowest BCUT2D eigenvalue weighted by atomic mass is 10.1. The van der Waals surface area contributed by atoms with Gasteiger partial charge in [0.1, 0.15) is 5.56 Å². The molecule has 0 aliphatic heterocycles. The number of nitrogens with one attached hydrogen (secondary N) is 4. The van der Waals surface area contributed by atoms with Gasteiger partial charge in [-0.1, -0.05) is 55.5 Å². The summed E-state index contributed by atoms with van der Waals surface area (Å²) in [5.41, 5.74) is 1.73. The van der Waals surface area contributed by atoms with Crippen LogP contribution in [0.3, 0.4) is 0 Å². The van der Waals surface area contributed by atoms with Crippen LogP contribution in [0.1, 0.15) is 22.8 Å². The summed E-state index contributed by atoms with van der Waals surface area (Å²) in [5.74, 6) is -0.648. The molecule has 0 bridgehead atoms. The Kier molecular flexibility index (Phi) is 6.80. The van der Waals surface area contributed by atoms with Gasteiger partial charge in [-0.25, -0.2) is 0 Å². The predicted octanol–water partition coefficient (Wildman–Crippen LogP) is 3.20. The number of hydrogen-bond donors (Lipinski definition) is 4. The van der Waals surface area contributed by atoms with E-state index in [-0.39, 0.29) is 18.0 Å². The van der Waals surface area contributed by atoms with Crippen molar-refractivity contribution in [2.75, 3.05) is 25.0 Å². The number of fused-ring (bicyclic) bond motifs is 2. The Morgan fingerprint density at radius 1 is 0.939 bits per heavy atom. The zero-order valence-corrected chi connectivity index (χ0v) is 18.4. The molecule has 0 saturated carbocycles. The number of rotatable bonds is 8. The maximum Gasteiger partial charge on any atom is 0.261 e. The quantitative estimate of drug-likeness (QED) is 0.336. The summed E-state index contributed by atoms with van der Waals surface area (Å²) in [6.45, 7) is 3.18. The first-order valence-corrected chi connectivity index (χ1v) is 11.0. The van der Waals surface area contributed by atoms with Gasteiger partial charge in [0.15, 0.2) is 0 Å². The molecule has 4 aromatic rings. The second kappa shape index (κ2) is 10.1. The van der Waals surface area contributed by atoms with Crippen molar-refractivity contribution in [1.82, 2.24) is 15.6 Å². The zero-order valence-electron chi connectivity index (χ0n) is 18.4. The number of aromatic nitrogens is 1. The van der Waals surface area contributed by atoms with Crippen molar-refractivity contribution in [1.29, 1.82) is 0 Å². The minimum Gasteiger partial charge on any atom is -0.352 e. The number of pyridine rings is 1. The van der Waals surface area contributed by atoms with Crippen LogP contribution in [-0.4, -0.2) is 36.4 Å². The van der Waals surface area contributed by atoms with Gasteiger partial charge in [-0.2, -0.15) is 0 Å². The molecule has 2 amide bonds. The largest absolute Gasteiger partial charge is 0.352 e. The van der Waals surface area contributed by atoms with Crippen LogP contribution in [0.25, 0.3) is 21.7 Å². The van der Waals surface area contributed by atoms with Crippen molar-refractivity contribution in [3.8, 4) is 0 Å². The van der Waals surface area contributed by atoms with E-state index in [0.717, 1.165) is 10.9 Å². The maximum atomic E-state index is 12.8. The van der Waals surface area contributed by atoms with Crippen molar-refractivity contribution >= 4 is 39.2 Å². The number of aromatic amines is 1. The average Bonchev–Trinajstić information content (AvgIpc) is 2.82. The molecule has 0 fully saturated rings. The monoisotopic (exact) mass is 442 g/mol. The Balaban J connectivity index is 1.48. The molecule has 7 nitrogen and oxygen atoms in total. The topological polar surface area (TPSA) is 103 Å². The molecule has 0 unspecified atom stereocenters. The Hall–Kier alpha value is -3.97. The third kappa shape index (κ3) is 5.27. The Morgan fingerprint density at radius 3 is 2.58 bits per heavy atom. The highest BCUT2D eigenvalue weighted by Gasteiger charge is 2.14. The van der Waals surface area contributed by atoms with E-state index < -0.39 is 11.5 Å². The van der Waals surface area contributed by atoms with E-state index in [2.05, 4.69) is 45.2 Å². The molecular weight excluding hydrogens is 416 g/mol. The lowest BCUT2D eigenvalue weighted by Gasteiger charge is -2.11. The van der Waals surface area contributed by atoms with Gasteiger partial charge in [-0.05, 0) is 47.5 Å². The van der Waals surface area contributed by atoms with Crippen LogP contribution in [0.4, 0.5) is 5.69 Å². The normalized spacial score (nSPS) is 10.9. The Bertz CT molecular complexity index is 1380. The molecule has 0 aliphatic rings. The number of hydrogen-bond acceptors (Lipinski definition) is 4. The smallest absolute Gasteiger partial charge is 0.261 e. The summed E-state index contributed by atoms with van der Waals surface area (Å²) in [7, 11) is 0. The molecule has 7 heteroatoms. The summed E-state index contributed by atoms with van der Waals surface area (Å²) >= 11 is 0. The second-order valence-corrected chi connectivity index (χ2v) is 7.79. The van der Waals surface area contributed by atoms with E-state index in [4.69, 9.17) is 0 Å². The molecule has 33 heavy (non-hydrogen) atoms. The van der Waals surface area contributed by atoms with Crippen LogP contribution < -0.4 is 21.5 Å². The van der Waals surface area contributed by atoms with Crippen LogP contribution in [0.15, 0.2) is 71.5 Å². The number of carbonyl (C=O) groups excluding carboxylic acids is 2. The van der Waals surface area contributed by atoms with E-state index >= 15 is 0 Å². The van der Waals surface area contributed by atoms with Gasteiger partial charge in [0.25, 0.3) is 11.5 Å². The van der Waals surface area contributed by atoms with E-state index in [1.807, 2.05) is 25.1 Å². The summed E-state index contributed by atoms with van der Waals surface area (Å²) in [6, 6.07) is 21.1. The van der Waals surface area contributed by atoms with Gasteiger partial charge in [0, 0.05) is 11.9 Å². The van der Waals surface area contributed by atoms with Gasteiger partial charge < -0.3 is 20.9 Å². The second-order valence-electron chi connectivity index (χ2n) is 7.79. The lowest BCUT2D eigenvalue weighted by Crippen LogP contribution is -2.31. The van der Waals surface area contributed by atoms with Gasteiger partial charge in [0.2, 0.25) is 5.91 Å². The average molecular weight is 443 g/mol. The van der Waals surface area contributed by atoms with E-state index in [1.54, 1.807) is 18.2 Å². The predicted molar refractivity (Wildman–Crippen MR) is 132 cm³/mol. The highest BCUT2D eigenvalue weighted by molar-refractivity contribution is 6.04. The summed E-state index contributed by atoms with van der Waals surface area (Å²) in [4.78, 5) is 40.1. The van der Waals surface area contributed by atoms with Crippen molar-refractivity contribution in [2.45, 2.75) is 13.3 Å². The van der Waals surface area contributed by atoms with E-state index in [9.17, 15) is 14.4 Å². The molecule has 4 rings (SSSR count). The first-order valence-electron chi connectivity index (χ1n) is 11.0. The lowest BCUT2D eigenvalue weighted by molar-refractivity contribution is -0.115. The number of anilines is 1. The number of likely N-dealkylation sites (N-methyl/N-ethyl adjacent to an activating group) is 1. The fourth-order valence-corrected chi connectivity index (χ4v) is 3.75. The van der Waals surface area contributed by atoms with Crippen LogP contribution in [0.2, 0.25) is 0 Å². The minimum atomic E-state index is -0.471. The van der Waals surface area contributed by atoms with Gasteiger partial charge in [-0.15, -0.1) is 0 Å². The number of carbonyl (C=O) groups is 2. The first-order chi connectivity index (χ1) is 16.0. The first kappa shape index (κ1) is 22.2. The molecule has 0 aliphatic carbocycles. The van der Waals surface area contributed by atoms with Crippen LogP contribution in [-0.2, 0) is 11.2 Å². The highest BCUT2D eigenvalue weighted by atomic mass is 16.2. The summed E-state index contributed by atoms with van der Waals surface area (Å²) < 4.78 is 0. The fraction of sp³-hybridized carbons (Fsp3) is 0.192. The molecule has 168 valence electrons. The molecule has 1 heterocycles. The van der Waals surface area contributed by atoms with Crippen molar-refractivity contribution in [3.63, 3.8) is 0 Å². The number of amides is 2. The number of benzene rings is 3. The Labute approximate surface area is 191 Å². The zero-order chi connectivity index (χ0) is 23.2. The molecule has 0 radical (unpaired) electrons. The molecular formula is C26H26N4O3. The third-order valence-electron chi connectivity index (χ3n) is 5.46. The number of H-pyrrole nitrogens is 1. The van der Waals surface area contributed by atoms with Crippen molar-refractivity contribution in [2.24, 2.45) is 0 Å². The van der Waals surface area contributed by atoms with Crippen molar-refractivity contribution in [3.05, 3.63) is 88.2 Å². The van der Waals surface area contributed by atoms with Gasteiger partial charge in [-0.3, -0.25) is 14.4 Å². The van der Waals surface area contributed by atoms with Gasteiger partial charge in [0.05, 0.1) is 17.7 Å². The molecule has 1 aromatic heterocycles. The molecule has 0 atom stereocenters. The van der Waals surface area contributed by atoms with E-state index in [0.29, 0.717) is 36.1 Å². The molecule has 4 N–H and O–H groups in total. The molecule has 0 saturated heterocycles. The maximum absolute atomic E-state index is 12.8.